The van der Waals surface area contributed by atoms with Crippen molar-refractivity contribution in [3.63, 3.8) is 0 Å². The van der Waals surface area contributed by atoms with Crippen LogP contribution in [0.3, 0.4) is 0 Å². The highest BCUT2D eigenvalue weighted by Crippen LogP contribution is 2.46. The molecule has 0 spiro atoms. The van der Waals surface area contributed by atoms with Crippen molar-refractivity contribution in [2.24, 2.45) is 5.92 Å². The second-order valence-electron chi connectivity index (χ2n) is 9.15. The fraction of sp³-hybridized carbons (Fsp3) is 0.333. The Hall–Kier alpha value is -3.05. The number of esters is 1. The number of rotatable bonds is 5. The van der Waals surface area contributed by atoms with Gasteiger partial charge in [0.1, 0.15) is 5.75 Å². The number of hydrogen-bond donors (Lipinski definition) is 2. The van der Waals surface area contributed by atoms with E-state index in [1.165, 1.54) is 0 Å². The van der Waals surface area contributed by atoms with Crippen molar-refractivity contribution in [1.82, 2.24) is 5.32 Å². The number of aromatic hydroxyl groups is 1. The number of dihydropyridines is 1. The molecule has 0 saturated heterocycles. The molecule has 1 aliphatic carbocycles. The van der Waals surface area contributed by atoms with Crippen LogP contribution in [0, 0.1) is 5.92 Å². The van der Waals surface area contributed by atoms with Crippen LogP contribution in [0.2, 0.25) is 5.02 Å². The minimum atomic E-state index is -0.541. The Morgan fingerprint density at radius 1 is 1.09 bits per heavy atom. The van der Waals surface area contributed by atoms with E-state index in [1.807, 2.05) is 45.0 Å². The summed E-state index contributed by atoms with van der Waals surface area (Å²) in [4.78, 5) is 26.7. The van der Waals surface area contributed by atoms with Gasteiger partial charge in [-0.1, -0.05) is 49.7 Å². The predicted molar refractivity (Wildman–Crippen MR) is 128 cm³/mol. The molecule has 0 unspecified atom stereocenters. The van der Waals surface area contributed by atoms with E-state index >= 15 is 0 Å². The van der Waals surface area contributed by atoms with E-state index < -0.39 is 11.9 Å². The van der Waals surface area contributed by atoms with Gasteiger partial charge in [-0.25, -0.2) is 4.79 Å². The van der Waals surface area contributed by atoms with Gasteiger partial charge < -0.3 is 15.2 Å². The third kappa shape index (κ3) is 4.83. The van der Waals surface area contributed by atoms with Crippen molar-refractivity contribution in [3.05, 3.63) is 87.2 Å². The molecule has 33 heavy (non-hydrogen) atoms. The van der Waals surface area contributed by atoms with Gasteiger partial charge in [0, 0.05) is 34.3 Å². The Morgan fingerprint density at radius 3 is 2.36 bits per heavy atom. The molecular weight excluding hydrogens is 438 g/mol. The number of carbonyl (C=O) groups is 2. The third-order valence-corrected chi connectivity index (χ3v) is 6.42. The van der Waals surface area contributed by atoms with E-state index in [0.29, 0.717) is 41.3 Å². The molecule has 172 valence electrons. The minimum absolute atomic E-state index is 0.00318. The second kappa shape index (κ2) is 9.44. The van der Waals surface area contributed by atoms with Crippen molar-refractivity contribution < 1.29 is 19.4 Å². The average molecular weight is 466 g/mol. The van der Waals surface area contributed by atoms with Crippen LogP contribution in [0.5, 0.6) is 5.75 Å². The topological polar surface area (TPSA) is 75.6 Å². The van der Waals surface area contributed by atoms with Crippen molar-refractivity contribution in [2.75, 3.05) is 6.61 Å². The van der Waals surface area contributed by atoms with E-state index in [2.05, 4.69) is 5.32 Å². The van der Waals surface area contributed by atoms with E-state index in [9.17, 15) is 14.7 Å². The Morgan fingerprint density at radius 2 is 1.73 bits per heavy atom. The van der Waals surface area contributed by atoms with Crippen LogP contribution in [-0.4, -0.2) is 23.5 Å². The van der Waals surface area contributed by atoms with Gasteiger partial charge in [0.15, 0.2) is 5.78 Å². The van der Waals surface area contributed by atoms with Crippen LogP contribution in [0.25, 0.3) is 0 Å². The molecule has 2 aromatic rings. The molecule has 0 radical (unpaired) electrons. The normalized spacial score (nSPS) is 20.6. The highest BCUT2D eigenvalue weighted by molar-refractivity contribution is 6.30. The van der Waals surface area contributed by atoms with Crippen LogP contribution in [0.4, 0.5) is 0 Å². The number of hydrogen-bond acceptors (Lipinski definition) is 5. The molecule has 0 bridgehead atoms. The number of carbonyl (C=O) groups excluding carboxylic acids is 2. The Bertz CT molecular complexity index is 1130. The van der Waals surface area contributed by atoms with Crippen LogP contribution >= 0.6 is 11.6 Å². The number of nitrogens with one attached hydrogen (secondary N) is 1. The lowest BCUT2D eigenvalue weighted by atomic mass is 9.71. The summed E-state index contributed by atoms with van der Waals surface area (Å²) in [6.07, 6.45) is 1.01. The molecule has 2 aliphatic rings. The first-order chi connectivity index (χ1) is 15.7. The van der Waals surface area contributed by atoms with Gasteiger partial charge in [0.25, 0.3) is 0 Å². The summed E-state index contributed by atoms with van der Waals surface area (Å²) in [5.41, 5.74) is 4.40. The lowest BCUT2D eigenvalue weighted by molar-refractivity contribution is -0.140. The molecule has 0 fully saturated rings. The van der Waals surface area contributed by atoms with Crippen LogP contribution < -0.4 is 5.32 Å². The summed E-state index contributed by atoms with van der Waals surface area (Å²) >= 11 is 6.04. The van der Waals surface area contributed by atoms with Gasteiger partial charge in [-0.15, -0.1) is 0 Å². The molecule has 1 heterocycles. The summed E-state index contributed by atoms with van der Waals surface area (Å²) in [6, 6.07) is 14.3. The number of halogens is 1. The number of ketones is 1. The van der Waals surface area contributed by atoms with Gasteiger partial charge in [0.05, 0.1) is 12.2 Å². The fourth-order valence-corrected chi connectivity index (χ4v) is 4.73. The van der Waals surface area contributed by atoms with E-state index in [4.69, 9.17) is 16.3 Å². The fourth-order valence-electron chi connectivity index (χ4n) is 4.60. The van der Waals surface area contributed by atoms with Gasteiger partial charge in [-0.05, 0) is 60.6 Å². The van der Waals surface area contributed by atoms with Crippen molar-refractivity contribution >= 4 is 23.4 Å². The Balaban J connectivity index is 1.75. The van der Waals surface area contributed by atoms with Crippen LogP contribution in [-0.2, 0) is 14.3 Å². The SMILES string of the molecule is CC1=C(C(=O)OCC(C)C)[C@@H](c2ccc(O)cc2)C2=C(C[C@@H](c3ccc(Cl)cc3)CC2=O)N1. The highest BCUT2D eigenvalue weighted by Gasteiger charge is 2.41. The first-order valence-electron chi connectivity index (χ1n) is 11.2. The molecular formula is C27H28ClNO4. The standard InChI is InChI=1S/C27H28ClNO4/c1-15(2)14-33-27(32)24-16(3)29-22-12-19(17-4-8-20(28)9-5-17)13-23(31)26(22)25(24)18-6-10-21(30)11-7-18/h4-11,15,19,25,29-30H,12-14H2,1-3H3/t19-,25-/m1/s1. The second-order valence-corrected chi connectivity index (χ2v) is 9.59. The highest BCUT2D eigenvalue weighted by atomic mass is 35.5. The smallest absolute Gasteiger partial charge is 0.336 e. The zero-order valence-electron chi connectivity index (χ0n) is 19.0. The lowest BCUT2D eigenvalue weighted by Crippen LogP contribution is -2.36. The summed E-state index contributed by atoms with van der Waals surface area (Å²) in [5.74, 6) is -0.604. The molecule has 5 nitrogen and oxygen atoms in total. The molecule has 2 aromatic carbocycles. The van der Waals surface area contributed by atoms with Gasteiger partial charge in [0.2, 0.25) is 0 Å². The van der Waals surface area contributed by atoms with Crippen molar-refractivity contribution in [2.45, 2.75) is 45.4 Å². The summed E-state index contributed by atoms with van der Waals surface area (Å²) in [6.45, 7) is 6.11. The van der Waals surface area contributed by atoms with Crippen molar-refractivity contribution in [1.29, 1.82) is 0 Å². The molecule has 0 aromatic heterocycles. The average Bonchev–Trinajstić information content (AvgIpc) is 2.77. The quantitative estimate of drug-likeness (QED) is 0.561. The Kier molecular flexibility index (Phi) is 6.61. The zero-order valence-corrected chi connectivity index (χ0v) is 19.8. The number of phenols is 1. The molecule has 2 N–H and O–H groups in total. The molecule has 0 amide bonds. The predicted octanol–water partition coefficient (Wildman–Crippen LogP) is 5.61. The van der Waals surface area contributed by atoms with E-state index in [1.54, 1.807) is 24.3 Å². The van der Waals surface area contributed by atoms with Crippen molar-refractivity contribution in [3.8, 4) is 5.75 Å². The minimum Gasteiger partial charge on any atom is -0.508 e. The van der Waals surface area contributed by atoms with Crippen LogP contribution in [0.1, 0.15) is 56.6 Å². The maximum atomic E-state index is 13.5. The Labute approximate surface area is 199 Å². The van der Waals surface area contributed by atoms with Gasteiger partial charge in [-0.3, -0.25) is 4.79 Å². The number of allylic oxidation sites excluding steroid dienone is 3. The molecule has 2 atom stereocenters. The number of phenolic OH excluding ortho intramolecular Hbond substituents is 1. The van der Waals surface area contributed by atoms with Crippen LogP contribution in [0.15, 0.2) is 71.1 Å². The summed E-state index contributed by atoms with van der Waals surface area (Å²) < 4.78 is 5.57. The van der Waals surface area contributed by atoms with E-state index in [-0.39, 0.29) is 23.4 Å². The summed E-state index contributed by atoms with van der Waals surface area (Å²) in [5, 5.41) is 13.8. The maximum absolute atomic E-state index is 13.5. The first-order valence-corrected chi connectivity index (χ1v) is 11.6. The zero-order chi connectivity index (χ0) is 23.7. The largest absolute Gasteiger partial charge is 0.508 e. The molecule has 4 rings (SSSR count). The number of Topliss-reactive ketones (excluding diaryl/α,β-unsaturated/α-hetero) is 1. The number of benzene rings is 2. The van der Waals surface area contributed by atoms with Gasteiger partial charge in [-0.2, -0.15) is 0 Å². The summed E-state index contributed by atoms with van der Waals surface area (Å²) in [7, 11) is 0. The number of ether oxygens (including phenoxy) is 1. The van der Waals surface area contributed by atoms with Gasteiger partial charge >= 0.3 is 5.97 Å². The molecule has 0 saturated carbocycles. The monoisotopic (exact) mass is 465 g/mol. The first kappa shape index (κ1) is 23.1. The van der Waals surface area contributed by atoms with E-state index in [0.717, 1.165) is 16.8 Å². The third-order valence-electron chi connectivity index (χ3n) is 6.16. The maximum Gasteiger partial charge on any atom is 0.336 e. The molecule has 1 aliphatic heterocycles. The lowest BCUT2D eigenvalue weighted by Gasteiger charge is -2.36. The molecule has 6 heteroatoms.